The molecule has 0 bridgehead atoms. The van der Waals surface area contributed by atoms with Crippen molar-refractivity contribution < 1.29 is 8.42 Å². The van der Waals surface area contributed by atoms with E-state index >= 15 is 0 Å². The SMILES string of the molecule is Cn1ccc(CN2CCS(=O)(=O)CC2)n1. The molecule has 0 spiro atoms. The number of hydrogen-bond acceptors (Lipinski definition) is 4. The molecule has 0 aromatic carbocycles. The summed E-state index contributed by atoms with van der Waals surface area (Å²) >= 11 is 0. The van der Waals surface area contributed by atoms with Crippen LogP contribution in [0.1, 0.15) is 5.69 Å². The maximum Gasteiger partial charge on any atom is 0.152 e. The molecule has 0 N–H and O–H groups in total. The quantitative estimate of drug-likeness (QED) is 0.695. The van der Waals surface area contributed by atoms with Crippen LogP contribution < -0.4 is 0 Å². The summed E-state index contributed by atoms with van der Waals surface area (Å²) in [6.07, 6.45) is 1.90. The molecular formula is C9H15N3O2S. The fourth-order valence-corrected chi connectivity index (χ4v) is 2.96. The van der Waals surface area contributed by atoms with Crippen LogP contribution in [0.2, 0.25) is 0 Å². The van der Waals surface area contributed by atoms with Crippen molar-refractivity contribution >= 4 is 9.84 Å². The zero-order valence-electron chi connectivity index (χ0n) is 8.76. The number of aromatic nitrogens is 2. The minimum atomic E-state index is -2.77. The van der Waals surface area contributed by atoms with E-state index in [0.717, 1.165) is 12.2 Å². The Labute approximate surface area is 89.6 Å². The molecule has 2 rings (SSSR count). The molecule has 6 heteroatoms. The molecule has 2 heterocycles. The van der Waals surface area contributed by atoms with Crippen molar-refractivity contribution in [1.29, 1.82) is 0 Å². The van der Waals surface area contributed by atoms with Gasteiger partial charge in [0, 0.05) is 32.9 Å². The zero-order valence-corrected chi connectivity index (χ0v) is 9.57. The molecular weight excluding hydrogens is 214 g/mol. The highest BCUT2D eigenvalue weighted by Crippen LogP contribution is 2.07. The highest BCUT2D eigenvalue weighted by atomic mass is 32.2. The summed E-state index contributed by atoms with van der Waals surface area (Å²) < 4.78 is 24.2. The van der Waals surface area contributed by atoms with Gasteiger partial charge in [-0.15, -0.1) is 0 Å². The van der Waals surface area contributed by atoms with Crippen molar-refractivity contribution in [3.8, 4) is 0 Å². The van der Waals surface area contributed by atoms with Gasteiger partial charge in [-0.3, -0.25) is 9.58 Å². The summed E-state index contributed by atoms with van der Waals surface area (Å²) in [6.45, 7) is 1.99. The van der Waals surface area contributed by atoms with E-state index in [1.54, 1.807) is 4.68 Å². The van der Waals surface area contributed by atoms with Crippen molar-refractivity contribution in [3.05, 3.63) is 18.0 Å². The molecule has 84 valence electrons. The van der Waals surface area contributed by atoms with E-state index in [1.807, 2.05) is 19.3 Å². The molecule has 0 amide bonds. The van der Waals surface area contributed by atoms with Gasteiger partial charge in [0.2, 0.25) is 0 Å². The minimum absolute atomic E-state index is 0.278. The lowest BCUT2D eigenvalue weighted by atomic mass is 10.4. The number of sulfone groups is 1. The Morgan fingerprint density at radius 2 is 2.07 bits per heavy atom. The van der Waals surface area contributed by atoms with Crippen molar-refractivity contribution in [1.82, 2.24) is 14.7 Å². The summed E-state index contributed by atoms with van der Waals surface area (Å²) in [4.78, 5) is 2.13. The molecule has 0 atom stereocenters. The van der Waals surface area contributed by atoms with Gasteiger partial charge < -0.3 is 0 Å². The van der Waals surface area contributed by atoms with E-state index in [1.165, 1.54) is 0 Å². The van der Waals surface area contributed by atoms with Gasteiger partial charge in [-0.05, 0) is 6.07 Å². The first kappa shape index (κ1) is 10.6. The lowest BCUT2D eigenvalue weighted by molar-refractivity contribution is 0.283. The van der Waals surface area contributed by atoms with Crippen LogP contribution in [-0.2, 0) is 23.4 Å². The second kappa shape index (κ2) is 3.94. The van der Waals surface area contributed by atoms with E-state index in [4.69, 9.17) is 0 Å². The van der Waals surface area contributed by atoms with E-state index in [0.29, 0.717) is 13.1 Å². The molecule has 1 saturated heterocycles. The van der Waals surface area contributed by atoms with Gasteiger partial charge in [-0.1, -0.05) is 0 Å². The normalized spacial score (nSPS) is 21.7. The van der Waals surface area contributed by atoms with E-state index < -0.39 is 9.84 Å². The first-order valence-corrected chi connectivity index (χ1v) is 6.79. The molecule has 0 saturated carbocycles. The van der Waals surface area contributed by atoms with Crippen molar-refractivity contribution in [2.24, 2.45) is 7.05 Å². The Bertz CT molecular complexity index is 424. The number of nitrogens with zero attached hydrogens (tertiary/aromatic N) is 3. The van der Waals surface area contributed by atoms with Crippen LogP contribution in [0.5, 0.6) is 0 Å². The predicted molar refractivity (Wildman–Crippen MR) is 57.1 cm³/mol. The number of hydrogen-bond donors (Lipinski definition) is 0. The predicted octanol–water partition coefficient (Wildman–Crippen LogP) is -0.350. The minimum Gasteiger partial charge on any atom is -0.295 e. The Morgan fingerprint density at radius 3 is 2.60 bits per heavy atom. The molecule has 0 aliphatic carbocycles. The van der Waals surface area contributed by atoms with Gasteiger partial charge in [0.15, 0.2) is 9.84 Å². The maximum atomic E-state index is 11.2. The second-order valence-corrected chi connectivity index (χ2v) is 6.21. The Kier molecular flexibility index (Phi) is 2.79. The topological polar surface area (TPSA) is 55.2 Å². The average molecular weight is 229 g/mol. The van der Waals surface area contributed by atoms with E-state index in [9.17, 15) is 8.42 Å². The van der Waals surface area contributed by atoms with Crippen LogP contribution in [0.4, 0.5) is 0 Å². The molecule has 0 radical (unpaired) electrons. The standard InChI is InChI=1S/C9H15N3O2S/c1-11-3-2-9(10-11)8-12-4-6-15(13,14)7-5-12/h2-3H,4-8H2,1H3. The number of aryl methyl sites for hydroxylation is 1. The first-order valence-electron chi connectivity index (χ1n) is 4.96. The monoisotopic (exact) mass is 229 g/mol. The third-order valence-corrected chi connectivity index (χ3v) is 4.20. The Balaban J connectivity index is 1.92. The lowest BCUT2D eigenvalue weighted by Crippen LogP contribution is -2.39. The summed E-state index contributed by atoms with van der Waals surface area (Å²) in [5, 5.41) is 4.27. The van der Waals surface area contributed by atoms with E-state index in [2.05, 4.69) is 10.00 Å². The highest BCUT2D eigenvalue weighted by Gasteiger charge is 2.21. The summed E-state index contributed by atoms with van der Waals surface area (Å²) in [5.41, 5.74) is 0.997. The Hall–Kier alpha value is -0.880. The van der Waals surface area contributed by atoms with Gasteiger partial charge in [0.1, 0.15) is 0 Å². The van der Waals surface area contributed by atoms with Crippen LogP contribution in [0.3, 0.4) is 0 Å². The molecule has 1 aliphatic heterocycles. The van der Waals surface area contributed by atoms with E-state index in [-0.39, 0.29) is 11.5 Å². The van der Waals surface area contributed by atoms with Crippen molar-refractivity contribution in [2.45, 2.75) is 6.54 Å². The van der Waals surface area contributed by atoms with Crippen molar-refractivity contribution in [2.75, 3.05) is 24.6 Å². The smallest absolute Gasteiger partial charge is 0.152 e. The average Bonchev–Trinajstić information content (AvgIpc) is 2.55. The largest absolute Gasteiger partial charge is 0.295 e. The third-order valence-electron chi connectivity index (χ3n) is 2.59. The molecule has 1 fully saturated rings. The molecule has 0 unspecified atom stereocenters. The van der Waals surface area contributed by atoms with Gasteiger partial charge >= 0.3 is 0 Å². The lowest BCUT2D eigenvalue weighted by Gasteiger charge is -2.25. The maximum absolute atomic E-state index is 11.2. The van der Waals surface area contributed by atoms with Gasteiger partial charge in [0.05, 0.1) is 17.2 Å². The van der Waals surface area contributed by atoms with Gasteiger partial charge in [-0.2, -0.15) is 5.10 Å². The Morgan fingerprint density at radius 1 is 1.40 bits per heavy atom. The molecule has 1 aromatic rings. The summed E-state index contributed by atoms with van der Waals surface area (Å²) in [5.74, 6) is 0.555. The van der Waals surface area contributed by atoms with Crippen LogP contribution >= 0.6 is 0 Å². The summed E-state index contributed by atoms with van der Waals surface area (Å²) in [7, 11) is -0.891. The van der Waals surface area contributed by atoms with Gasteiger partial charge in [-0.25, -0.2) is 8.42 Å². The highest BCUT2D eigenvalue weighted by molar-refractivity contribution is 7.91. The van der Waals surface area contributed by atoms with Crippen LogP contribution in [0, 0.1) is 0 Å². The second-order valence-electron chi connectivity index (χ2n) is 3.91. The van der Waals surface area contributed by atoms with Crippen LogP contribution in [-0.4, -0.2) is 47.7 Å². The number of rotatable bonds is 2. The molecule has 15 heavy (non-hydrogen) atoms. The fraction of sp³-hybridized carbons (Fsp3) is 0.667. The molecule has 5 nitrogen and oxygen atoms in total. The van der Waals surface area contributed by atoms with Crippen LogP contribution in [0.25, 0.3) is 0 Å². The molecule has 1 aromatic heterocycles. The van der Waals surface area contributed by atoms with Gasteiger partial charge in [0.25, 0.3) is 0 Å². The third kappa shape index (κ3) is 2.79. The molecule has 1 aliphatic rings. The zero-order chi connectivity index (χ0) is 10.9. The summed E-state index contributed by atoms with van der Waals surface area (Å²) in [6, 6.07) is 1.96. The van der Waals surface area contributed by atoms with Crippen LogP contribution in [0.15, 0.2) is 12.3 Å². The first-order chi connectivity index (χ1) is 7.05. The fourth-order valence-electron chi connectivity index (χ4n) is 1.68. The van der Waals surface area contributed by atoms with Crippen molar-refractivity contribution in [3.63, 3.8) is 0 Å².